The summed E-state index contributed by atoms with van der Waals surface area (Å²) in [5, 5.41) is 5.00. The zero-order valence-electron chi connectivity index (χ0n) is 29.7. The van der Waals surface area contributed by atoms with Crippen molar-refractivity contribution < 1.29 is 0 Å². The second kappa shape index (κ2) is 13.4. The van der Waals surface area contributed by atoms with Crippen LogP contribution >= 0.6 is 0 Å². The van der Waals surface area contributed by atoms with Crippen molar-refractivity contribution in [1.82, 2.24) is 4.57 Å². The Morgan fingerprint density at radius 1 is 0.278 bits per heavy atom. The summed E-state index contributed by atoms with van der Waals surface area (Å²) in [7, 11) is 0. The molecule has 0 atom stereocenters. The van der Waals surface area contributed by atoms with Crippen LogP contribution in [0.25, 0.3) is 71.6 Å². The second-order valence-electron chi connectivity index (χ2n) is 13.8. The fourth-order valence-electron chi connectivity index (χ4n) is 7.87. The van der Waals surface area contributed by atoms with E-state index in [1.54, 1.807) is 0 Å². The van der Waals surface area contributed by atoms with Gasteiger partial charge in [0, 0.05) is 33.5 Å². The Bertz CT molecular complexity index is 2750. The Balaban J connectivity index is 0.988. The Labute approximate surface area is 315 Å². The summed E-state index contributed by atoms with van der Waals surface area (Å²) in [6.45, 7) is 0. The summed E-state index contributed by atoms with van der Waals surface area (Å²) in [6.07, 6.45) is 0. The van der Waals surface area contributed by atoms with Crippen molar-refractivity contribution >= 4 is 49.6 Å². The van der Waals surface area contributed by atoms with Crippen molar-refractivity contribution in [2.75, 3.05) is 4.90 Å². The first kappa shape index (κ1) is 31.6. The van der Waals surface area contributed by atoms with Crippen molar-refractivity contribution in [2.24, 2.45) is 0 Å². The van der Waals surface area contributed by atoms with E-state index in [1.807, 2.05) is 0 Å². The van der Waals surface area contributed by atoms with Gasteiger partial charge < -0.3 is 9.47 Å². The molecular formula is C52H36N2. The van der Waals surface area contributed by atoms with Gasteiger partial charge in [-0.1, -0.05) is 152 Å². The van der Waals surface area contributed by atoms with E-state index in [4.69, 9.17) is 0 Å². The van der Waals surface area contributed by atoms with E-state index in [9.17, 15) is 0 Å². The minimum absolute atomic E-state index is 1.11. The highest BCUT2D eigenvalue weighted by atomic mass is 15.1. The van der Waals surface area contributed by atoms with Gasteiger partial charge in [-0.3, -0.25) is 0 Å². The molecular weight excluding hydrogens is 653 g/mol. The SMILES string of the molecule is c1ccc(-c2ccc(N(c3ccc(-c4ccccc4)cc3)c3ccc(-c4ccc5cc(-n6c7ccccc7c7ccccc76)ccc5c4)cc3)cc2)cc1. The fourth-order valence-corrected chi connectivity index (χ4v) is 7.87. The Morgan fingerprint density at radius 3 is 1.15 bits per heavy atom. The zero-order valence-corrected chi connectivity index (χ0v) is 29.7. The van der Waals surface area contributed by atoms with Gasteiger partial charge in [0.15, 0.2) is 0 Å². The zero-order chi connectivity index (χ0) is 35.8. The number of fused-ring (bicyclic) bond motifs is 4. The van der Waals surface area contributed by atoms with Crippen molar-refractivity contribution in [1.29, 1.82) is 0 Å². The minimum atomic E-state index is 1.11. The third-order valence-electron chi connectivity index (χ3n) is 10.6. The molecule has 10 rings (SSSR count). The molecule has 0 saturated heterocycles. The molecule has 0 unspecified atom stereocenters. The summed E-state index contributed by atoms with van der Waals surface area (Å²) in [6, 6.07) is 78.8. The normalized spacial score (nSPS) is 11.3. The first-order valence-corrected chi connectivity index (χ1v) is 18.5. The summed E-state index contributed by atoms with van der Waals surface area (Å²) in [4.78, 5) is 2.34. The van der Waals surface area contributed by atoms with E-state index in [-0.39, 0.29) is 0 Å². The molecule has 2 nitrogen and oxygen atoms in total. The summed E-state index contributed by atoms with van der Waals surface area (Å²) in [5.74, 6) is 0. The number of nitrogens with zero attached hydrogens (tertiary/aromatic N) is 2. The molecule has 2 heteroatoms. The van der Waals surface area contributed by atoms with Crippen LogP contribution in [0, 0.1) is 0 Å². The van der Waals surface area contributed by atoms with Gasteiger partial charge >= 0.3 is 0 Å². The predicted molar refractivity (Wildman–Crippen MR) is 229 cm³/mol. The lowest BCUT2D eigenvalue weighted by atomic mass is 10.00. The van der Waals surface area contributed by atoms with Crippen LogP contribution in [-0.2, 0) is 0 Å². The average Bonchev–Trinajstić information content (AvgIpc) is 3.59. The van der Waals surface area contributed by atoms with Gasteiger partial charge in [-0.2, -0.15) is 0 Å². The number of anilines is 3. The largest absolute Gasteiger partial charge is 0.311 e. The third-order valence-corrected chi connectivity index (χ3v) is 10.6. The van der Waals surface area contributed by atoms with Crippen LogP contribution < -0.4 is 4.90 Å². The van der Waals surface area contributed by atoms with Gasteiger partial charge in [0.1, 0.15) is 0 Å². The third kappa shape index (κ3) is 5.71. The molecule has 0 aliphatic carbocycles. The molecule has 1 aromatic heterocycles. The highest BCUT2D eigenvalue weighted by Gasteiger charge is 2.15. The van der Waals surface area contributed by atoms with Crippen LogP contribution in [0.15, 0.2) is 218 Å². The summed E-state index contributed by atoms with van der Waals surface area (Å²) < 4.78 is 2.38. The molecule has 0 amide bonds. The molecule has 1 heterocycles. The van der Waals surface area contributed by atoms with Crippen LogP contribution in [0.3, 0.4) is 0 Å². The van der Waals surface area contributed by atoms with E-state index < -0.39 is 0 Å². The van der Waals surface area contributed by atoms with Crippen LogP contribution in [0.1, 0.15) is 0 Å². The summed E-state index contributed by atoms with van der Waals surface area (Å²) >= 11 is 0. The molecule has 254 valence electrons. The Morgan fingerprint density at radius 2 is 0.648 bits per heavy atom. The maximum Gasteiger partial charge on any atom is 0.0541 e. The minimum Gasteiger partial charge on any atom is -0.311 e. The lowest BCUT2D eigenvalue weighted by molar-refractivity contribution is 1.19. The Kier molecular flexibility index (Phi) is 7.85. The second-order valence-corrected chi connectivity index (χ2v) is 13.8. The van der Waals surface area contributed by atoms with Crippen molar-refractivity contribution in [3.63, 3.8) is 0 Å². The molecule has 10 aromatic rings. The predicted octanol–water partition coefficient (Wildman–Crippen LogP) is 14.4. The molecule has 0 aliphatic heterocycles. The van der Waals surface area contributed by atoms with Crippen molar-refractivity contribution in [3.8, 4) is 39.1 Å². The topological polar surface area (TPSA) is 8.17 Å². The quantitative estimate of drug-likeness (QED) is 0.162. The standard InChI is InChI=1S/C52H36N2/c1-3-11-37(12-4-1)39-21-28-45(29-22-39)53(46-30-23-40(24-31-46)38-13-5-2-6-14-38)47-32-25-41(26-33-47)42-19-20-44-36-48(34-27-43(44)35-42)54-51-17-9-7-15-49(51)50-16-8-10-18-52(50)54/h1-36H. The van der Waals surface area contributed by atoms with Gasteiger partial charge in [-0.05, 0) is 111 Å². The van der Waals surface area contributed by atoms with Crippen LogP contribution in [0.4, 0.5) is 17.1 Å². The Hall–Kier alpha value is -7.16. The molecule has 0 fully saturated rings. The summed E-state index contributed by atoms with van der Waals surface area (Å²) in [5.41, 5.74) is 14.2. The number of rotatable bonds is 7. The molecule has 0 N–H and O–H groups in total. The van der Waals surface area contributed by atoms with E-state index >= 15 is 0 Å². The van der Waals surface area contributed by atoms with E-state index in [1.165, 1.54) is 71.6 Å². The number of benzene rings is 9. The van der Waals surface area contributed by atoms with Crippen LogP contribution in [-0.4, -0.2) is 4.57 Å². The number of hydrogen-bond donors (Lipinski definition) is 0. The number of para-hydroxylation sites is 2. The van der Waals surface area contributed by atoms with Gasteiger partial charge in [-0.15, -0.1) is 0 Å². The van der Waals surface area contributed by atoms with Crippen LogP contribution in [0.5, 0.6) is 0 Å². The van der Waals surface area contributed by atoms with E-state index in [0.717, 1.165) is 17.1 Å². The molecule has 0 radical (unpaired) electrons. The average molecular weight is 689 g/mol. The number of aromatic nitrogens is 1. The lowest BCUT2D eigenvalue weighted by Crippen LogP contribution is -2.09. The first-order chi connectivity index (χ1) is 26.8. The van der Waals surface area contributed by atoms with E-state index in [0.29, 0.717) is 0 Å². The van der Waals surface area contributed by atoms with Gasteiger partial charge in [0.05, 0.1) is 11.0 Å². The molecule has 9 aromatic carbocycles. The fraction of sp³-hybridized carbons (Fsp3) is 0. The maximum absolute atomic E-state index is 2.38. The molecule has 0 aliphatic rings. The lowest BCUT2D eigenvalue weighted by Gasteiger charge is -2.26. The maximum atomic E-state index is 2.38. The van der Waals surface area contributed by atoms with Gasteiger partial charge in [-0.25, -0.2) is 0 Å². The van der Waals surface area contributed by atoms with Gasteiger partial charge in [0.25, 0.3) is 0 Å². The van der Waals surface area contributed by atoms with E-state index in [2.05, 4.69) is 228 Å². The van der Waals surface area contributed by atoms with Crippen LogP contribution in [0.2, 0.25) is 0 Å². The molecule has 54 heavy (non-hydrogen) atoms. The first-order valence-electron chi connectivity index (χ1n) is 18.5. The molecule has 0 spiro atoms. The molecule has 0 bridgehead atoms. The highest BCUT2D eigenvalue weighted by Crippen LogP contribution is 2.38. The monoisotopic (exact) mass is 688 g/mol. The highest BCUT2D eigenvalue weighted by molar-refractivity contribution is 6.09. The smallest absolute Gasteiger partial charge is 0.0541 e. The van der Waals surface area contributed by atoms with Crippen molar-refractivity contribution in [2.45, 2.75) is 0 Å². The van der Waals surface area contributed by atoms with Gasteiger partial charge in [0.2, 0.25) is 0 Å². The van der Waals surface area contributed by atoms with Crippen molar-refractivity contribution in [3.05, 3.63) is 218 Å². The number of hydrogen-bond acceptors (Lipinski definition) is 1. The molecule has 0 saturated carbocycles.